The molecule has 1 saturated heterocycles. The van der Waals surface area contributed by atoms with E-state index >= 15 is 0 Å². The number of carbonyl (C=O) groups is 1. The quantitative estimate of drug-likeness (QED) is 0.769. The summed E-state index contributed by atoms with van der Waals surface area (Å²) in [6.07, 6.45) is 5.69. The number of nitrogens with zero attached hydrogens (tertiary/aromatic N) is 1. The van der Waals surface area contributed by atoms with Gasteiger partial charge in [-0.05, 0) is 43.4 Å². The fourth-order valence-corrected chi connectivity index (χ4v) is 5.08. The number of hydrogen-bond donors (Lipinski definition) is 1. The van der Waals surface area contributed by atoms with Crippen LogP contribution in [-0.2, 0) is 10.2 Å². The first-order valence-corrected chi connectivity index (χ1v) is 10.4. The van der Waals surface area contributed by atoms with Crippen LogP contribution in [0.2, 0.25) is 10.0 Å². The highest BCUT2D eigenvalue weighted by Gasteiger charge is 2.37. The maximum Gasteiger partial charge on any atom is 0.263 e. The molecule has 4 nitrogen and oxygen atoms in total. The number of carbonyl (C=O) groups excluding carboxylic acids is 1. The number of benzene rings is 1. The van der Waals surface area contributed by atoms with Crippen molar-refractivity contribution in [1.29, 1.82) is 0 Å². The van der Waals surface area contributed by atoms with E-state index in [1.165, 1.54) is 24.2 Å². The molecule has 2 aliphatic rings. The third-order valence-corrected chi connectivity index (χ3v) is 6.92. The second-order valence-electron chi connectivity index (χ2n) is 7.04. The van der Waals surface area contributed by atoms with Gasteiger partial charge < -0.3 is 10.1 Å². The van der Waals surface area contributed by atoms with Crippen molar-refractivity contribution >= 4 is 40.4 Å². The van der Waals surface area contributed by atoms with E-state index in [2.05, 4.69) is 10.3 Å². The van der Waals surface area contributed by atoms with Gasteiger partial charge in [0.25, 0.3) is 5.91 Å². The van der Waals surface area contributed by atoms with Crippen molar-refractivity contribution in [2.24, 2.45) is 0 Å². The minimum atomic E-state index is -0.237. The number of halogens is 2. The van der Waals surface area contributed by atoms with Crippen molar-refractivity contribution in [3.05, 3.63) is 49.9 Å². The Morgan fingerprint density at radius 2 is 2.08 bits per heavy atom. The Bertz CT molecular complexity index is 814. The van der Waals surface area contributed by atoms with E-state index in [4.69, 9.17) is 27.9 Å². The fourth-order valence-electron chi connectivity index (χ4n) is 3.47. The zero-order chi connectivity index (χ0) is 18.1. The number of amides is 1. The normalized spacial score (nSPS) is 19.3. The molecule has 1 aliphatic carbocycles. The molecule has 2 aromatic rings. The Morgan fingerprint density at radius 3 is 2.77 bits per heavy atom. The molecule has 7 heteroatoms. The summed E-state index contributed by atoms with van der Waals surface area (Å²) in [5.74, 6) is 0.501. The Labute approximate surface area is 166 Å². The summed E-state index contributed by atoms with van der Waals surface area (Å²) in [6.45, 7) is 1.83. The van der Waals surface area contributed by atoms with Crippen molar-refractivity contribution in [2.75, 3.05) is 19.8 Å². The van der Waals surface area contributed by atoms with Crippen LogP contribution in [-0.4, -0.2) is 30.6 Å². The summed E-state index contributed by atoms with van der Waals surface area (Å²) < 4.78 is 5.55. The van der Waals surface area contributed by atoms with Crippen LogP contribution in [0.4, 0.5) is 0 Å². The average Bonchev–Trinajstić information content (AvgIpc) is 3.37. The van der Waals surface area contributed by atoms with Crippen LogP contribution in [0.15, 0.2) is 24.4 Å². The Morgan fingerprint density at radius 1 is 1.31 bits per heavy atom. The molecule has 0 atom stereocenters. The standard InChI is InChI=1S/C19H20Cl2N2O2S/c20-13-3-4-14(15(21)9-13)19(5-7-25-8-6-19)11-23-17(24)16-10-22-18(26-16)12-1-2-12/h3-4,9-10,12H,1-2,5-8,11H2,(H,23,24). The summed E-state index contributed by atoms with van der Waals surface area (Å²) in [5.41, 5.74) is 0.787. The molecule has 1 aliphatic heterocycles. The molecule has 0 radical (unpaired) electrons. The summed E-state index contributed by atoms with van der Waals surface area (Å²) >= 11 is 14.0. The molecule has 1 aromatic heterocycles. The number of nitrogens with one attached hydrogen (secondary N) is 1. The van der Waals surface area contributed by atoms with E-state index in [1.54, 1.807) is 12.3 Å². The number of aromatic nitrogens is 1. The minimum Gasteiger partial charge on any atom is -0.381 e. The lowest BCUT2D eigenvalue weighted by atomic mass is 9.74. The van der Waals surface area contributed by atoms with E-state index in [0.717, 1.165) is 23.4 Å². The number of hydrogen-bond acceptors (Lipinski definition) is 4. The number of thiazole rings is 1. The SMILES string of the molecule is O=C(NCC1(c2ccc(Cl)cc2Cl)CCOCC1)c1cnc(C2CC2)s1. The third-order valence-electron chi connectivity index (χ3n) is 5.21. The van der Waals surface area contributed by atoms with E-state index in [0.29, 0.717) is 40.6 Å². The molecule has 1 amide bonds. The molecular weight excluding hydrogens is 391 g/mol. The molecule has 4 rings (SSSR count). The molecule has 1 aromatic carbocycles. The van der Waals surface area contributed by atoms with Crippen LogP contribution < -0.4 is 5.32 Å². The van der Waals surface area contributed by atoms with Crippen molar-refractivity contribution in [3.8, 4) is 0 Å². The molecule has 26 heavy (non-hydrogen) atoms. The molecule has 0 unspecified atom stereocenters. The molecule has 2 fully saturated rings. The number of ether oxygens (including phenoxy) is 1. The van der Waals surface area contributed by atoms with E-state index in [1.807, 2.05) is 12.1 Å². The summed E-state index contributed by atoms with van der Waals surface area (Å²) in [4.78, 5) is 17.7. The Kier molecular flexibility index (Phi) is 5.24. The highest BCUT2D eigenvalue weighted by atomic mass is 35.5. The van der Waals surface area contributed by atoms with Crippen LogP contribution >= 0.6 is 34.5 Å². The number of rotatable bonds is 5. The molecule has 0 bridgehead atoms. The van der Waals surface area contributed by atoms with Crippen molar-refractivity contribution in [3.63, 3.8) is 0 Å². The van der Waals surface area contributed by atoms with Crippen LogP contribution in [0.1, 0.15) is 51.8 Å². The lowest BCUT2D eigenvalue weighted by Gasteiger charge is -2.38. The first-order chi connectivity index (χ1) is 12.6. The lowest BCUT2D eigenvalue weighted by Crippen LogP contribution is -2.44. The van der Waals surface area contributed by atoms with Gasteiger partial charge in [0.2, 0.25) is 0 Å². The Balaban J connectivity index is 1.52. The maximum atomic E-state index is 12.6. The van der Waals surface area contributed by atoms with Crippen LogP contribution in [0.25, 0.3) is 0 Å². The van der Waals surface area contributed by atoms with Gasteiger partial charge in [0.05, 0.1) is 11.2 Å². The highest BCUT2D eigenvalue weighted by Crippen LogP contribution is 2.42. The first kappa shape index (κ1) is 18.2. The Hall–Kier alpha value is -1.14. The molecule has 138 valence electrons. The minimum absolute atomic E-state index is 0.0645. The molecule has 2 heterocycles. The van der Waals surface area contributed by atoms with Gasteiger partial charge >= 0.3 is 0 Å². The van der Waals surface area contributed by atoms with Gasteiger partial charge in [-0.25, -0.2) is 4.98 Å². The predicted molar refractivity (Wildman–Crippen MR) is 105 cm³/mol. The van der Waals surface area contributed by atoms with Gasteiger partial charge in [0, 0.05) is 41.1 Å². The average molecular weight is 411 g/mol. The van der Waals surface area contributed by atoms with Crippen LogP contribution in [0.3, 0.4) is 0 Å². The van der Waals surface area contributed by atoms with Crippen molar-refractivity contribution in [2.45, 2.75) is 37.0 Å². The van der Waals surface area contributed by atoms with Gasteiger partial charge in [-0.1, -0.05) is 29.3 Å². The largest absolute Gasteiger partial charge is 0.381 e. The first-order valence-electron chi connectivity index (χ1n) is 8.85. The zero-order valence-corrected chi connectivity index (χ0v) is 16.6. The van der Waals surface area contributed by atoms with Gasteiger partial charge in [0.15, 0.2) is 0 Å². The van der Waals surface area contributed by atoms with E-state index in [-0.39, 0.29) is 11.3 Å². The monoisotopic (exact) mass is 410 g/mol. The van der Waals surface area contributed by atoms with Crippen LogP contribution in [0, 0.1) is 0 Å². The second-order valence-corrected chi connectivity index (χ2v) is 8.94. The topological polar surface area (TPSA) is 51.2 Å². The van der Waals surface area contributed by atoms with E-state index in [9.17, 15) is 4.79 Å². The fraction of sp³-hybridized carbons (Fsp3) is 0.474. The predicted octanol–water partition coefficient (Wildman–Crippen LogP) is 4.81. The molecular formula is C19H20Cl2N2O2S. The van der Waals surface area contributed by atoms with Gasteiger partial charge in [-0.15, -0.1) is 11.3 Å². The van der Waals surface area contributed by atoms with Crippen LogP contribution in [0.5, 0.6) is 0 Å². The summed E-state index contributed by atoms with van der Waals surface area (Å²) in [7, 11) is 0. The molecule has 1 N–H and O–H groups in total. The third kappa shape index (κ3) is 3.77. The second kappa shape index (κ2) is 7.47. The van der Waals surface area contributed by atoms with Crippen molar-refractivity contribution in [1.82, 2.24) is 10.3 Å². The highest BCUT2D eigenvalue weighted by molar-refractivity contribution is 7.13. The van der Waals surface area contributed by atoms with E-state index < -0.39 is 0 Å². The maximum absolute atomic E-state index is 12.6. The summed E-state index contributed by atoms with van der Waals surface area (Å²) in [5, 5.41) is 5.44. The smallest absolute Gasteiger partial charge is 0.263 e. The van der Waals surface area contributed by atoms with Crippen molar-refractivity contribution < 1.29 is 9.53 Å². The molecule has 0 spiro atoms. The lowest BCUT2D eigenvalue weighted by molar-refractivity contribution is 0.0488. The van der Waals surface area contributed by atoms with Gasteiger partial charge in [0.1, 0.15) is 4.88 Å². The zero-order valence-electron chi connectivity index (χ0n) is 14.3. The van der Waals surface area contributed by atoms with Gasteiger partial charge in [-0.3, -0.25) is 4.79 Å². The van der Waals surface area contributed by atoms with Gasteiger partial charge in [-0.2, -0.15) is 0 Å². The molecule has 1 saturated carbocycles. The summed E-state index contributed by atoms with van der Waals surface area (Å²) in [6, 6.07) is 5.59.